The van der Waals surface area contributed by atoms with Crippen LogP contribution < -0.4 is 10.1 Å². The van der Waals surface area contributed by atoms with Crippen LogP contribution in [0.25, 0.3) is 6.08 Å². The van der Waals surface area contributed by atoms with Gasteiger partial charge in [0.25, 0.3) is 0 Å². The van der Waals surface area contributed by atoms with Gasteiger partial charge in [0.1, 0.15) is 5.75 Å². The van der Waals surface area contributed by atoms with Crippen LogP contribution in [0.15, 0.2) is 56.0 Å². The maximum Gasteiger partial charge on any atom is 0.363 e. The molecule has 1 aliphatic rings. The van der Waals surface area contributed by atoms with Crippen molar-refractivity contribution in [2.24, 2.45) is 4.99 Å². The van der Waals surface area contributed by atoms with E-state index in [9.17, 15) is 9.59 Å². The van der Waals surface area contributed by atoms with Crippen molar-refractivity contribution in [2.45, 2.75) is 6.92 Å². The van der Waals surface area contributed by atoms with E-state index >= 15 is 0 Å². The van der Waals surface area contributed by atoms with Crippen LogP contribution in [-0.2, 0) is 14.3 Å². The van der Waals surface area contributed by atoms with Crippen molar-refractivity contribution in [2.75, 3.05) is 12.4 Å². The number of hydrogen-bond donors (Lipinski definition) is 1. The van der Waals surface area contributed by atoms with Gasteiger partial charge in [0.05, 0.1) is 11.6 Å². The summed E-state index contributed by atoms with van der Waals surface area (Å²) in [5.74, 6) is 0.0799. The molecule has 0 saturated carbocycles. The first-order chi connectivity index (χ1) is 12.9. The van der Waals surface area contributed by atoms with Crippen molar-refractivity contribution in [3.63, 3.8) is 0 Å². The minimum Gasteiger partial charge on any atom is -0.495 e. The molecule has 0 atom stereocenters. The molecule has 8 heteroatoms. The lowest BCUT2D eigenvalue weighted by molar-refractivity contribution is -0.129. The van der Waals surface area contributed by atoms with Crippen LogP contribution in [0.3, 0.4) is 0 Å². The summed E-state index contributed by atoms with van der Waals surface area (Å²) in [6.45, 7) is 1.43. The molecule has 0 aromatic heterocycles. The predicted octanol–water partition coefficient (Wildman–Crippen LogP) is 4.52. The zero-order valence-electron chi connectivity index (χ0n) is 14.4. The molecule has 0 spiro atoms. The number of cyclic esters (lactones) is 1. The molecule has 0 fully saturated rings. The molecular weight excluding hydrogens is 480 g/mol. The summed E-state index contributed by atoms with van der Waals surface area (Å²) < 4.78 is 12.2. The first kappa shape index (κ1) is 19.3. The van der Waals surface area contributed by atoms with E-state index in [0.717, 1.165) is 8.95 Å². The Morgan fingerprint density at radius 1 is 1.22 bits per heavy atom. The van der Waals surface area contributed by atoms with Crippen molar-refractivity contribution < 1.29 is 19.1 Å². The average Bonchev–Trinajstić information content (AvgIpc) is 2.95. The molecule has 0 bridgehead atoms. The van der Waals surface area contributed by atoms with Gasteiger partial charge in [0, 0.05) is 28.2 Å². The van der Waals surface area contributed by atoms with Gasteiger partial charge in [-0.3, -0.25) is 4.79 Å². The van der Waals surface area contributed by atoms with Crippen LogP contribution in [0.4, 0.5) is 5.69 Å². The molecule has 138 valence electrons. The van der Waals surface area contributed by atoms with E-state index in [1.807, 2.05) is 12.1 Å². The number of carbonyl (C=O) groups excluding carboxylic acids is 2. The number of esters is 1. The second-order valence-corrected chi connectivity index (χ2v) is 7.37. The number of halogens is 2. The highest BCUT2D eigenvalue weighted by molar-refractivity contribution is 9.11. The number of nitrogens with one attached hydrogen (secondary N) is 1. The van der Waals surface area contributed by atoms with Crippen molar-refractivity contribution in [3.8, 4) is 5.75 Å². The third-order valence-corrected chi connectivity index (χ3v) is 4.65. The zero-order valence-corrected chi connectivity index (χ0v) is 17.5. The van der Waals surface area contributed by atoms with E-state index in [1.165, 1.54) is 6.92 Å². The minimum absolute atomic E-state index is 0.160. The van der Waals surface area contributed by atoms with Crippen molar-refractivity contribution in [1.82, 2.24) is 0 Å². The number of benzene rings is 2. The largest absolute Gasteiger partial charge is 0.495 e. The fourth-order valence-electron chi connectivity index (χ4n) is 2.48. The van der Waals surface area contributed by atoms with E-state index < -0.39 is 5.97 Å². The maximum absolute atomic E-state index is 12.2. The number of methoxy groups -OCH3 is 1. The highest BCUT2D eigenvalue weighted by Crippen LogP contribution is 2.34. The summed E-state index contributed by atoms with van der Waals surface area (Å²) in [6, 6.07) is 10.5. The Morgan fingerprint density at radius 3 is 2.56 bits per heavy atom. The van der Waals surface area contributed by atoms with E-state index in [4.69, 9.17) is 9.47 Å². The van der Waals surface area contributed by atoms with Crippen LogP contribution >= 0.6 is 31.9 Å². The van der Waals surface area contributed by atoms with Crippen molar-refractivity contribution >= 4 is 61.4 Å². The molecule has 1 amide bonds. The van der Waals surface area contributed by atoms with Crippen LogP contribution in [0.2, 0.25) is 0 Å². The summed E-state index contributed by atoms with van der Waals surface area (Å²) in [7, 11) is 1.55. The highest BCUT2D eigenvalue weighted by Gasteiger charge is 2.25. The lowest BCUT2D eigenvalue weighted by Gasteiger charge is -2.08. The Labute approximate surface area is 172 Å². The second kappa shape index (κ2) is 8.06. The zero-order chi connectivity index (χ0) is 19.6. The van der Waals surface area contributed by atoms with Crippen LogP contribution in [-0.4, -0.2) is 24.9 Å². The van der Waals surface area contributed by atoms with Gasteiger partial charge in [-0.15, -0.1) is 0 Å². The number of nitrogens with zero attached hydrogens (tertiary/aromatic N) is 1. The first-order valence-corrected chi connectivity index (χ1v) is 9.39. The van der Waals surface area contributed by atoms with E-state index in [2.05, 4.69) is 42.2 Å². The van der Waals surface area contributed by atoms with Gasteiger partial charge < -0.3 is 14.8 Å². The van der Waals surface area contributed by atoms with E-state index in [1.54, 1.807) is 37.5 Å². The second-order valence-electron chi connectivity index (χ2n) is 5.60. The molecule has 1 aliphatic heterocycles. The molecule has 0 radical (unpaired) electrons. The van der Waals surface area contributed by atoms with E-state index in [-0.39, 0.29) is 17.5 Å². The van der Waals surface area contributed by atoms with Gasteiger partial charge in [-0.2, -0.15) is 0 Å². The van der Waals surface area contributed by atoms with Crippen molar-refractivity contribution in [3.05, 3.63) is 62.2 Å². The number of aliphatic imine (C=N–C) groups is 1. The van der Waals surface area contributed by atoms with Gasteiger partial charge in [0.15, 0.2) is 5.70 Å². The maximum atomic E-state index is 12.2. The van der Waals surface area contributed by atoms with Crippen molar-refractivity contribution in [1.29, 1.82) is 0 Å². The summed E-state index contributed by atoms with van der Waals surface area (Å²) in [6.07, 6.45) is 1.61. The number of amides is 1. The van der Waals surface area contributed by atoms with Crippen LogP contribution in [0.5, 0.6) is 5.75 Å². The minimum atomic E-state index is -0.547. The smallest absolute Gasteiger partial charge is 0.363 e. The predicted molar refractivity (Wildman–Crippen MR) is 110 cm³/mol. The molecule has 3 rings (SSSR count). The van der Waals surface area contributed by atoms with Crippen LogP contribution in [0.1, 0.15) is 18.1 Å². The topological polar surface area (TPSA) is 77.0 Å². The Balaban J connectivity index is 1.93. The molecular formula is C19H14Br2N2O4. The molecule has 1 heterocycles. The molecule has 27 heavy (non-hydrogen) atoms. The Bertz CT molecular complexity index is 982. The molecule has 0 aliphatic carbocycles. The number of rotatable bonds is 4. The Kier molecular flexibility index (Phi) is 5.76. The number of ether oxygens (including phenoxy) is 2. The number of hydrogen-bond acceptors (Lipinski definition) is 5. The van der Waals surface area contributed by atoms with Crippen LogP contribution in [0, 0.1) is 0 Å². The van der Waals surface area contributed by atoms with Gasteiger partial charge in [-0.25, -0.2) is 9.79 Å². The quantitative estimate of drug-likeness (QED) is 0.501. The van der Waals surface area contributed by atoms with Gasteiger partial charge >= 0.3 is 5.97 Å². The molecule has 2 aromatic carbocycles. The molecule has 2 aromatic rings. The molecule has 0 saturated heterocycles. The van der Waals surface area contributed by atoms with Gasteiger partial charge in [-0.1, -0.05) is 15.9 Å². The third kappa shape index (κ3) is 4.45. The number of carbonyl (C=O) groups is 2. The summed E-state index contributed by atoms with van der Waals surface area (Å²) >= 11 is 6.85. The third-order valence-electron chi connectivity index (χ3n) is 3.61. The summed E-state index contributed by atoms with van der Waals surface area (Å²) in [5.41, 5.74) is 2.12. The molecule has 1 N–H and O–H groups in total. The van der Waals surface area contributed by atoms with E-state index in [0.29, 0.717) is 22.6 Å². The Hall–Kier alpha value is -2.45. The standard InChI is InChI=1S/C19H14Br2N2O4/c1-10(24)22-14-5-3-11(4-6-14)18-23-16(19(25)27-18)8-12-7-13(20)9-15(21)17(12)26-2/h3-9H,1-2H3,(H,22,24)/b16-8-. The van der Waals surface area contributed by atoms with Gasteiger partial charge in [-0.05, 0) is 58.4 Å². The fourth-order valence-corrected chi connectivity index (χ4v) is 3.90. The highest BCUT2D eigenvalue weighted by atomic mass is 79.9. The van der Waals surface area contributed by atoms with Gasteiger partial charge in [0.2, 0.25) is 11.8 Å². The number of anilines is 1. The lowest BCUT2D eigenvalue weighted by atomic mass is 10.1. The normalized spacial score (nSPS) is 14.7. The molecule has 6 nitrogen and oxygen atoms in total. The Morgan fingerprint density at radius 2 is 1.93 bits per heavy atom. The first-order valence-electron chi connectivity index (χ1n) is 7.81. The average molecular weight is 494 g/mol. The molecule has 0 unspecified atom stereocenters. The summed E-state index contributed by atoms with van der Waals surface area (Å²) in [5, 5.41) is 2.68. The lowest BCUT2D eigenvalue weighted by Crippen LogP contribution is -2.07. The summed E-state index contributed by atoms with van der Waals surface area (Å²) in [4.78, 5) is 27.6. The SMILES string of the molecule is COc1c(Br)cc(Br)cc1/C=C1\N=C(c2ccc(NC(C)=O)cc2)OC1=O. The monoisotopic (exact) mass is 492 g/mol. The fraction of sp³-hybridized carbons (Fsp3) is 0.105.